The molecule has 1 fully saturated rings. The van der Waals surface area contributed by atoms with Crippen molar-refractivity contribution in [2.45, 2.75) is 18.8 Å². The number of fused-ring (bicyclic) bond motifs is 1. The second-order valence-electron chi connectivity index (χ2n) is 4.14. The van der Waals surface area contributed by atoms with Gasteiger partial charge in [-0.2, -0.15) is 0 Å². The lowest BCUT2D eigenvalue weighted by atomic mass is 9.95. The number of aromatic nitrogens is 2. The number of rotatable bonds is 1. The molecular weight excluding hydrogens is 186 g/mol. The molecule has 0 bridgehead atoms. The summed E-state index contributed by atoms with van der Waals surface area (Å²) in [6.07, 6.45) is 6.59. The number of nitrogens with one attached hydrogen (secondary N) is 1. The molecule has 1 aliphatic heterocycles. The summed E-state index contributed by atoms with van der Waals surface area (Å²) in [4.78, 5) is 4.44. The number of nitrogens with zero attached hydrogens (tertiary/aromatic N) is 2. The minimum atomic E-state index is 0.670. The molecule has 2 aromatic rings. The van der Waals surface area contributed by atoms with Gasteiger partial charge in [0, 0.05) is 24.0 Å². The third-order valence-electron chi connectivity index (χ3n) is 3.20. The molecule has 0 unspecified atom stereocenters. The van der Waals surface area contributed by atoms with Crippen LogP contribution in [0.2, 0.25) is 0 Å². The van der Waals surface area contributed by atoms with Gasteiger partial charge in [-0.15, -0.1) is 0 Å². The first kappa shape index (κ1) is 8.92. The Hall–Kier alpha value is -1.35. The Morgan fingerprint density at radius 3 is 3.00 bits per heavy atom. The summed E-state index contributed by atoms with van der Waals surface area (Å²) in [5.41, 5.74) is 2.43. The van der Waals surface area contributed by atoms with E-state index in [0.29, 0.717) is 5.92 Å². The first-order chi connectivity index (χ1) is 7.45. The van der Waals surface area contributed by atoms with Crippen LogP contribution in [0.3, 0.4) is 0 Å². The summed E-state index contributed by atoms with van der Waals surface area (Å²) in [5, 5.41) is 3.40. The van der Waals surface area contributed by atoms with Gasteiger partial charge in [0.2, 0.25) is 0 Å². The SMILES string of the molecule is c1ccn2c(C3CCNCC3)cnc2c1. The van der Waals surface area contributed by atoms with Gasteiger partial charge in [-0.25, -0.2) is 4.98 Å². The smallest absolute Gasteiger partial charge is 0.136 e. The van der Waals surface area contributed by atoms with E-state index in [1.165, 1.54) is 18.5 Å². The molecule has 78 valence electrons. The summed E-state index contributed by atoms with van der Waals surface area (Å²) in [7, 11) is 0. The van der Waals surface area contributed by atoms with Crippen LogP contribution in [0.1, 0.15) is 24.5 Å². The van der Waals surface area contributed by atoms with Crippen LogP contribution < -0.4 is 5.32 Å². The van der Waals surface area contributed by atoms with E-state index in [1.54, 1.807) is 0 Å². The number of pyridine rings is 1. The van der Waals surface area contributed by atoms with Crippen molar-refractivity contribution in [3.63, 3.8) is 0 Å². The third-order valence-corrected chi connectivity index (χ3v) is 3.20. The van der Waals surface area contributed by atoms with Crippen molar-refractivity contribution in [2.75, 3.05) is 13.1 Å². The van der Waals surface area contributed by atoms with E-state index in [-0.39, 0.29) is 0 Å². The number of imidazole rings is 1. The molecule has 2 aromatic heterocycles. The highest BCUT2D eigenvalue weighted by Crippen LogP contribution is 2.25. The zero-order valence-corrected chi connectivity index (χ0v) is 8.69. The highest BCUT2D eigenvalue weighted by atomic mass is 15.0. The summed E-state index contributed by atoms with van der Waals surface area (Å²) in [6.45, 7) is 2.26. The van der Waals surface area contributed by atoms with E-state index in [1.807, 2.05) is 12.3 Å². The molecular formula is C12H15N3. The van der Waals surface area contributed by atoms with Gasteiger partial charge in [0.05, 0.1) is 0 Å². The van der Waals surface area contributed by atoms with Crippen LogP contribution in [0.5, 0.6) is 0 Å². The van der Waals surface area contributed by atoms with Crippen molar-refractivity contribution < 1.29 is 0 Å². The number of piperidine rings is 1. The van der Waals surface area contributed by atoms with Gasteiger partial charge in [0.1, 0.15) is 5.65 Å². The van der Waals surface area contributed by atoms with Crippen LogP contribution in [-0.4, -0.2) is 22.5 Å². The number of hydrogen-bond donors (Lipinski definition) is 1. The van der Waals surface area contributed by atoms with Crippen LogP contribution in [0.15, 0.2) is 30.6 Å². The first-order valence-corrected chi connectivity index (χ1v) is 5.58. The fraction of sp³-hybridized carbons (Fsp3) is 0.417. The Balaban J connectivity index is 2.02. The molecule has 3 rings (SSSR count). The average molecular weight is 201 g/mol. The lowest BCUT2D eigenvalue weighted by Gasteiger charge is -2.22. The van der Waals surface area contributed by atoms with Crippen molar-refractivity contribution in [3.05, 3.63) is 36.3 Å². The lowest BCUT2D eigenvalue weighted by Crippen LogP contribution is -2.27. The van der Waals surface area contributed by atoms with Gasteiger partial charge < -0.3 is 9.72 Å². The fourth-order valence-electron chi connectivity index (χ4n) is 2.37. The van der Waals surface area contributed by atoms with E-state index < -0.39 is 0 Å². The van der Waals surface area contributed by atoms with E-state index >= 15 is 0 Å². The van der Waals surface area contributed by atoms with Crippen molar-refractivity contribution in [1.29, 1.82) is 0 Å². The van der Waals surface area contributed by atoms with Crippen LogP contribution in [-0.2, 0) is 0 Å². The molecule has 0 atom stereocenters. The minimum Gasteiger partial charge on any atom is -0.317 e. The summed E-state index contributed by atoms with van der Waals surface area (Å²) < 4.78 is 2.22. The van der Waals surface area contributed by atoms with Gasteiger partial charge in [-0.05, 0) is 38.1 Å². The maximum atomic E-state index is 4.44. The first-order valence-electron chi connectivity index (χ1n) is 5.58. The lowest BCUT2D eigenvalue weighted by molar-refractivity contribution is 0.451. The third kappa shape index (κ3) is 1.53. The minimum absolute atomic E-state index is 0.670. The second-order valence-corrected chi connectivity index (χ2v) is 4.14. The Labute approximate surface area is 89.1 Å². The van der Waals surface area contributed by atoms with Crippen LogP contribution in [0.25, 0.3) is 5.65 Å². The van der Waals surface area contributed by atoms with Gasteiger partial charge in [-0.1, -0.05) is 6.07 Å². The predicted molar refractivity (Wildman–Crippen MR) is 60.0 cm³/mol. The van der Waals surface area contributed by atoms with Crippen molar-refractivity contribution in [3.8, 4) is 0 Å². The molecule has 3 nitrogen and oxygen atoms in total. The molecule has 1 saturated heterocycles. The van der Waals surface area contributed by atoms with E-state index in [4.69, 9.17) is 0 Å². The van der Waals surface area contributed by atoms with E-state index in [9.17, 15) is 0 Å². The highest BCUT2D eigenvalue weighted by Gasteiger charge is 2.18. The largest absolute Gasteiger partial charge is 0.317 e. The topological polar surface area (TPSA) is 29.3 Å². The van der Waals surface area contributed by atoms with E-state index in [0.717, 1.165) is 18.7 Å². The van der Waals surface area contributed by atoms with Crippen LogP contribution in [0, 0.1) is 0 Å². The van der Waals surface area contributed by atoms with E-state index in [2.05, 4.69) is 33.0 Å². The number of hydrogen-bond acceptors (Lipinski definition) is 2. The average Bonchev–Trinajstić information content (AvgIpc) is 2.74. The second kappa shape index (κ2) is 3.66. The Bertz CT molecular complexity index is 455. The molecule has 0 amide bonds. The maximum absolute atomic E-state index is 4.44. The molecule has 0 radical (unpaired) electrons. The predicted octanol–water partition coefficient (Wildman–Crippen LogP) is 1.80. The zero-order chi connectivity index (χ0) is 10.1. The molecule has 3 heteroatoms. The molecule has 0 aliphatic carbocycles. The standard InChI is InChI=1S/C12H15N3/c1-2-8-15-11(9-14-12(15)3-1)10-4-6-13-7-5-10/h1-3,8-10,13H,4-7H2. The maximum Gasteiger partial charge on any atom is 0.136 e. The van der Waals surface area contributed by atoms with Crippen LogP contribution >= 0.6 is 0 Å². The molecule has 0 aromatic carbocycles. The fourth-order valence-corrected chi connectivity index (χ4v) is 2.37. The van der Waals surface area contributed by atoms with Gasteiger partial charge >= 0.3 is 0 Å². The normalized spacial score (nSPS) is 18.4. The van der Waals surface area contributed by atoms with Crippen LogP contribution in [0.4, 0.5) is 0 Å². The Morgan fingerprint density at radius 2 is 2.13 bits per heavy atom. The zero-order valence-electron chi connectivity index (χ0n) is 8.69. The van der Waals surface area contributed by atoms with Gasteiger partial charge in [-0.3, -0.25) is 0 Å². The molecule has 0 spiro atoms. The summed E-state index contributed by atoms with van der Waals surface area (Å²) >= 11 is 0. The van der Waals surface area contributed by atoms with Crippen molar-refractivity contribution >= 4 is 5.65 Å². The molecule has 3 heterocycles. The van der Waals surface area contributed by atoms with Gasteiger partial charge in [0.15, 0.2) is 0 Å². The molecule has 1 aliphatic rings. The molecule has 15 heavy (non-hydrogen) atoms. The summed E-state index contributed by atoms with van der Waals surface area (Å²) in [5.74, 6) is 0.670. The van der Waals surface area contributed by atoms with Crippen molar-refractivity contribution in [1.82, 2.24) is 14.7 Å². The molecule has 0 saturated carbocycles. The quantitative estimate of drug-likeness (QED) is 0.762. The van der Waals surface area contributed by atoms with Gasteiger partial charge in [0.25, 0.3) is 0 Å². The Kier molecular flexibility index (Phi) is 2.18. The highest BCUT2D eigenvalue weighted by molar-refractivity contribution is 5.40. The Morgan fingerprint density at radius 1 is 1.27 bits per heavy atom. The summed E-state index contributed by atoms with van der Waals surface area (Å²) in [6, 6.07) is 6.17. The van der Waals surface area contributed by atoms with Crippen molar-refractivity contribution in [2.24, 2.45) is 0 Å². The molecule has 1 N–H and O–H groups in total. The monoisotopic (exact) mass is 201 g/mol.